The van der Waals surface area contributed by atoms with Gasteiger partial charge in [-0.2, -0.15) is 0 Å². The van der Waals surface area contributed by atoms with E-state index in [1.54, 1.807) is 4.90 Å². The summed E-state index contributed by atoms with van der Waals surface area (Å²) in [6.07, 6.45) is 24.1. The van der Waals surface area contributed by atoms with Gasteiger partial charge in [-0.1, -0.05) is 101 Å². The van der Waals surface area contributed by atoms with Crippen LogP contribution in [-0.4, -0.2) is 28.7 Å². The molecule has 0 spiro atoms. The van der Waals surface area contributed by atoms with Crippen molar-refractivity contribution in [3.63, 3.8) is 0 Å². The van der Waals surface area contributed by atoms with Crippen molar-refractivity contribution in [3.05, 3.63) is 47.5 Å². The van der Waals surface area contributed by atoms with Gasteiger partial charge in [-0.3, -0.25) is 19.7 Å². The molecule has 2 atom stereocenters. The maximum atomic E-state index is 13.2. The number of hydrogen-bond acceptors (Lipinski definition) is 3. The number of carbonyl (C=O) groups is 3. The third-order valence-electron chi connectivity index (χ3n) is 7.66. The van der Waals surface area contributed by atoms with E-state index in [2.05, 4.69) is 24.4 Å². The van der Waals surface area contributed by atoms with Gasteiger partial charge in [0.25, 0.3) is 5.91 Å². The third kappa shape index (κ3) is 8.31. The number of imide groups is 1. The number of carbonyl (C=O) groups excluding carboxylic acids is 3. The summed E-state index contributed by atoms with van der Waals surface area (Å²) in [7, 11) is 0. The summed E-state index contributed by atoms with van der Waals surface area (Å²) in [6.45, 7) is 2.26. The van der Waals surface area contributed by atoms with Crippen LogP contribution in [0.2, 0.25) is 0 Å². The fourth-order valence-electron chi connectivity index (χ4n) is 5.60. The minimum atomic E-state index is -0.554. The van der Waals surface area contributed by atoms with E-state index in [-0.39, 0.29) is 30.2 Å². The van der Waals surface area contributed by atoms with Gasteiger partial charge in [0.15, 0.2) is 0 Å². The first-order valence-electron chi connectivity index (χ1n) is 14.5. The first kappa shape index (κ1) is 28.1. The standard InChI is InChI=1S/C31H46N2O3/c1-2-3-4-5-6-7-8-9-10-11-12-13-14-15-16-17-22-27-25-20-18-19-21-26(25)31(36)33(27)28-23-24-29(34)32-30(28)35/h9-10,18-21,27-28H,2-8,11-17,22-24H2,1H3,(H,32,34,35)/b10-9+. The van der Waals surface area contributed by atoms with E-state index in [0.717, 1.165) is 24.8 Å². The van der Waals surface area contributed by atoms with Gasteiger partial charge in [-0.25, -0.2) is 0 Å². The molecular weight excluding hydrogens is 448 g/mol. The lowest BCUT2D eigenvalue weighted by Gasteiger charge is -2.34. The Morgan fingerprint density at radius 2 is 1.44 bits per heavy atom. The van der Waals surface area contributed by atoms with Crippen molar-refractivity contribution in [1.29, 1.82) is 0 Å². The smallest absolute Gasteiger partial charge is 0.255 e. The van der Waals surface area contributed by atoms with Crippen LogP contribution >= 0.6 is 0 Å². The molecule has 0 bridgehead atoms. The Labute approximate surface area is 218 Å². The van der Waals surface area contributed by atoms with Crippen molar-refractivity contribution < 1.29 is 14.4 Å². The molecule has 1 N–H and O–H groups in total. The Balaban J connectivity index is 1.32. The number of piperidine rings is 1. The highest BCUT2D eigenvalue weighted by molar-refractivity contribution is 6.05. The highest BCUT2D eigenvalue weighted by Gasteiger charge is 2.44. The SMILES string of the molecule is CCCCCCCC/C=C/CCCCCCCCC1c2ccccc2C(=O)N1C1CCC(=O)NC1=O. The van der Waals surface area contributed by atoms with Crippen LogP contribution in [0.4, 0.5) is 0 Å². The summed E-state index contributed by atoms with van der Waals surface area (Å²) in [5.41, 5.74) is 1.73. The number of amides is 3. The minimum absolute atomic E-state index is 0.0744. The first-order chi connectivity index (χ1) is 17.6. The molecule has 36 heavy (non-hydrogen) atoms. The lowest BCUT2D eigenvalue weighted by molar-refractivity contribution is -0.137. The zero-order valence-corrected chi connectivity index (χ0v) is 22.3. The van der Waals surface area contributed by atoms with E-state index in [0.29, 0.717) is 12.0 Å². The summed E-state index contributed by atoms with van der Waals surface area (Å²) >= 11 is 0. The van der Waals surface area contributed by atoms with Gasteiger partial charge in [-0.05, 0) is 50.2 Å². The molecule has 2 unspecified atom stereocenters. The summed E-state index contributed by atoms with van der Waals surface area (Å²) in [5.74, 6) is -0.654. The lowest BCUT2D eigenvalue weighted by Crippen LogP contribution is -2.53. The van der Waals surface area contributed by atoms with Crippen molar-refractivity contribution in [3.8, 4) is 0 Å². The van der Waals surface area contributed by atoms with Crippen LogP contribution in [0.25, 0.3) is 0 Å². The van der Waals surface area contributed by atoms with E-state index < -0.39 is 6.04 Å². The number of nitrogens with one attached hydrogen (secondary N) is 1. The number of allylic oxidation sites excluding steroid dienone is 2. The molecule has 0 saturated carbocycles. The Morgan fingerprint density at radius 1 is 0.833 bits per heavy atom. The molecule has 1 aromatic rings. The van der Waals surface area contributed by atoms with Gasteiger partial charge in [0.2, 0.25) is 11.8 Å². The van der Waals surface area contributed by atoms with Gasteiger partial charge in [0.05, 0.1) is 6.04 Å². The summed E-state index contributed by atoms with van der Waals surface area (Å²) in [5, 5.41) is 2.42. The van der Waals surface area contributed by atoms with Crippen LogP contribution in [0.3, 0.4) is 0 Å². The molecule has 1 aromatic carbocycles. The summed E-state index contributed by atoms with van der Waals surface area (Å²) in [6, 6.07) is 7.10. The van der Waals surface area contributed by atoms with Gasteiger partial charge >= 0.3 is 0 Å². The van der Waals surface area contributed by atoms with E-state index in [9.17, 15) is 14.4 Å². The van der Waals surface area contributed by atoms with Gasteiger partial charge < -0.3 is 4.90 Å². The number of unbranched alkanes of at least 4 members (excludes halogenated alkanes) is 12. The number of nitrogens with zero attached hydrogens (tertiary/aromatic N) is 1. The lowest BCUT2D eigenvalue weighted by atomic mass is 9.97. The molecule has 1 saturated heterocycles. The Morgan fingerprint density at radius 3 is 2.11 bits per heavy atom. The molecule has 3 rings (SSSR count). The number of benzene rings is 1. The van der Waals surface area contributed by atoms with Gasteiger partial charge in [0.1, 0.15) is 6.04 Å². The zero-order valence-electron chi connectivity index (χ0n) is 22.3. The van der Waals surface area contributed by atoms with Crippen LogP contribution in [0.1, 0.15) is 138 Å². The number of rotatable bonds is 17. The molecule has 0 aromatic heterocycles. The van der Waals surface area contributed by atoms with Crippen molar-refractivity contribution in [1.82, 2.24) is 10.2 Å². The topological polar surface area (TPSA) is 66.5 Å². The second kappa shape index (κ2) is 15.6. The molecule has 5 heteroatoms. The fourth-order valence-corrected chi connectivity index (χ4v) is 5.60. The highest BCUT2D eigenvalue weighted by Crippen LogP contribution is 2.39. The predicted octanol–water partition coefficient (Wildman–Crippen LogP) is 7.42. The van der Waals surface area contributed by atoms with E-state index in [4.69, 9.17) is 0 Å². The monoisotopic (exact) mass is 494 g/mol. The molecule has 1 fully saturated rings. The molecule has 2 aliphatic heterocycles. The van der Waals surface area contributed by atoms with Crippen LogP contribution in [0, 0.1) is 0 Å². The molecule has 0 radical (unpaired) electrons. The molecular formula is C31H46N2O3. The summed E-state index contributed by atoms with van der Waals surface area (Å²) < 4.78 is 0. The van der Waals surface area contributed by atoms with Gasteiger partial charge in [0, 0.05) is 12.0 Å². The molecule has 2 aliphatic rings. The van der Waals surface area contributed by atoms with Gasteiger partial charge in [-0.15, -0.1) is 0 Å². The van der Waals surface area contributed by atoms with E-state index in [1.807, 2.05) is 24.3 Å². The van der Waals surface area contributed by atoms with Crippen molar-refractivity contribution in [2.24, 2.45) is 0 Å². The zero-order chi connectivity index (χ0) is 25.6. The summed E-state index contributed by atoms with van der Waals surface area (Å²) in [4.78, 5) is 39.1. The Kier molecular flexibility index (Phi) is 12.2. The largest absolute Gasteiger partial charge is 0.320 e. The fraction of sp³-hybridized carbons (Fsp3) is 0.645. The third-order valence-corrected chi connectivity index (χ3v) is 7.66. The van der Waals surface area contributed by atoms with Crippen molar-refractivity contribution in [2.45, 2.75) is 128 Å². The van der Waals surface area contributed by atoms with Crippen LogP contribution in [-0.2, 0) is 9.59 Å². The average Bonchev–Trinajstić information content (AvgIpc) is 3.15. The van der Waals surface area contributed by atoms with Crippen LogP contribution < -0.4 is 5.32 Å². The Bertz CT molecular complexity index is 878. The highest BCUT2D eigenvalue weighted by atomic mass is 16.2. The molecule has 198 valence electrons. The molecule has 3 amide bonds. The van der Waals surface area contributed by atoms with Crippen molar-refractivity contribution in [2.75, 3.05) is 0 Å². The Hall–Kier alpha value is -2.43. The second-order valence-corrected chi connectivity index (χ2v) is 10.5. The van der Waals surface area contributed by atoms with E-state index >= 15 is 0 Å². The predicted molar refractivity (Wildman–Crippen MR) is 146 cm³/mol. The maximum Gasteiger partial charge on any atom is 0.255 e. The number of hydrogen-bond donors (Lipinski definition) is 1. The maximum absolute atomic E-state index is 13.2. The molecule has 5 nitrogen and oxygen atoms in total. The van der Waals surface area contributed by atoms with E-state index in [1.165, 1.54) is 77.0 Å². The molecule has 2 heterocycles. The van der Waals surface area contributed by atoms with Crippen molar-refractivity contribution >= 4 is 17.7 Å². The number of fused-ring (bicyclic) bond motifs is 1. The minimum Gasteiger partial charge on any atom is -0.320 e. The normalized spacial score (nSPS) is 19.8. The first-order valence-corrected chi connectivity index (χ1v) is 14.5. The molecule has 0 aliphatic carbocycles. The second-order valence-electron chi connectivity index (χ2n) is 10.5. The van der Waals surface area contributed by atoms with Crippen LogP contribution in [0.15, 0.2) is 36.4 Å². The quantitative estimate of drug-likeness (QED) is 0.139. The average molecular weight is 495 g/mol. The van der Waals surface area contributed by atoms with Crippen LogP contribution in [0.5, 0.6) is 0 Å².